The standard InChI is InChI=1S/C17H18N4O3/c1-12(22)16(17(23)24-2)21(20-19-18)15-11-7-6-10-14(15)13-8-4-3-5-9-13/h3-12,16,22H,1-2H3/t12-,16+/m1/s1. The molecule has 0 spiro atoms. The Morgan fingerprint density at radius 3 is 2.42 bits per heavy atom. The number of hydrogen-bond donors (Lipinski definition) is 1. The summed E-state index contributed by atoms with van der Waals surface area (Å²) in [7, 11) is 1.22. The zero-order valence-corrected chi connectivity index (χ0v) is 13.4. The number of para-hydroxylation sites is 1. The van der Waals surface area contributed by atoms with Gasteiger partial charge in [0.15, 0.2) is 0 Å². The molecule has 0 heterocycles. The summed E-state index contributed by atoms with van der Waals surface area (Å²) in [6.45, 7) is 1.44. The van der Waals surface area contributed by atoms with Gasteiger partial charge in [0.2, 0.25) is 6.04 Å². The van der Waals surface area contributed by atoms with Crippen molar-refractivity contribution in [1.82, 2.24) is 0 Å². The van der Waals surface area contributed by atoms with E-state index >= 15 is 0 Å². The number of aliphatic hydroxyl groups excluding tert-OH is 1. The van der Waals surface area contributed by atoms with Crippen molar-refractivity contribution < 1.29 is 14.6 Å². The molecule has 0 radical (unpaired) electrons. The minimum Gasteiger partial charge on any atom is -0.466 e. The Balaban J connectivity index is 2.61. The van der Waals surface area contributed by atoms with Gasteiger partial charge in [-0.3, -0.25) is 0 Å². The summed E-state index contributed by atoms with van der Waals surface area (Å²) in [5.41, 5.74) is 11.1. The number of aliphatic hydroxyl groups is 1. The van der Waals surface area contributed by atoms with Crippen LogP contribution in [0.1, 0.15) is 6.92 Å². The fraction of sp³-hybridized carbons (Fsp3) is 0.235. The lowest BCUT2D eigenvalue weighted by Gasteiger charge is -2.26. The number of hydrogen-bond acceptors (Lipinski definition) is 4. The number of rotatable bonds is 6. The van der Waals surface area contributed by atoms with Gasteiger partial charge in [0, 0.05) is 5.56 Å². The number of azide groups is 1. The predicted octanol–water partition coefficient (Wildman–Crippen LogP) is 3.31. The fourth-order valence-corrected chi connectivity index (χ4v) is 2.45. The van der Waals surface area contributed by atoms with Crippen LogP contribution in [-0.2, 0) is 9.53 Å². The lowest BCUT2D eigenvalue weighted by molar-refractivity contribution is -0.144. The molecule has 0 aliphatic rings. The molecule has 0 aromatic heterocycles. The molecule has 2 atom stereocenters. The summed E-state index contributed by atoms with van der Waals surface area (Å²) < 4.78 is 4.74. The maximum absolute atomic E-state index is 12.1. The first-order valence-corrected chi connectivity index (χ1v) is 7.34. The van der Waals surface area contributed by atoms with Gasteiger partial charge in [0.1, 0.15) is 11.8 Å². The van der Waals surface area contributed by atoms with E-state index in [1.807, 2.05) is 42.5 Å². The van der Waals surface area contributed by atoms with Crippen molar-refractivity contribution in [2.75, 3.05) is 12.1 Å². The van der Waals surface area contributed by atoms with Crippen molar-refractivity contribution in [3.8, 4) is 11.1 Å². The maximum Gasteiger partial charge on any atom is 0.354 e. The number of carbonyl (C=O) groups excluding carboxylic acids is 1. The van der Waals surface area contributed by atoms with Gasteiger partial charge in [0.25, 0.3) is 0 Å². The third-order valence-electron chi connectivity index (χ3n) is 3.54. The van der Waals surface area contributed by atoms with E-state index in [2.05, 4.69) is 10.1 Å². The Bertz CT molecular complexity index is 743. The molecule has 2 rings (SSSR count). The summed E-state index contributed by atoms with van der Waals surface area (Å²) >= 11 is 0. The first-order chi connectivity index (χ1) is 11.6. The molecule has 0 aliphatic heterocycles. The van der Waals surface area contributed by atoms with Crippen molar-refractivity contribution >= 4 is 11.7 Å². The van der Waals surface area contributed by atoms with Crippen LogP contribution in [0.5, 0.6) is 0 Å². The quantitative estimate of drug-likeness (QED) is 0.289. The summed E-state index contributed by atoms with van der Waals surface area (Å²) in [5, 5.41) is 14.8. The van der Waals surface area contributed by atoms with Gasteiger partial charge in [-0.05, 0) is 23.8 Å². The molecule has 0 bridgehead atoms. The first kappa shape index (κ1) is 17.3. The van der Waals surface area contributed by atoms with E-state index in [0.717, 1.165) is 16.1 Å². The van der Waals surface area contributed by atoms with Crippen LogP contribution in [0.3, 0.4) is 0 Å². The highest BCUT2D eigenvalue weighted by molar-refractivity contribution is 5.85. The van der Waals surface area contributed by atoms with Crippen LogP contribution >= 0.6 is 0 Å². The van der Waals surface area contributed by atoms with Crippen LogP contribution in [0.2, 0.25) is 0 Å². The Morgan fingerprint density at radius 1 is 1.21 bits per heavy atom. The van der Waals surface area contributed by atoms with E-state index in [1.165, 1.54) is 14.0 Å². The van der Waals surface area contributed by atoms with Crippen LogP contribution in [0.4, 0.5) is 5.69 Å². The van der Waals surface area contributed by atoms with E-state index < -0.39 is 18.1 Å². The van der Waals surface area contributed by atoms with Crippen molar-refractivity contribution in [2.24, 2.45) is 5.22 Å². The summed E-state index contributed by atoms with van der Waals surface area (Å²) in [6, 6.07) is 15.5. The third-order valence-corrected chi connectivity index (χ3v) is 3.54. The summed E-state index contributed by atoms with van der Waals surface area (Å²) in [5.74, 6) is -0.694. The molecule has 2 aromatic carbocycles. The number of methoxy groups -OCH3 is 1. The number of nitrogens with zero attached hydrogens (tertiary/aromatic N) is 4. The van der Waals surface area contributed by atoms with Gasteiger partial charge in [0.05, 0.1) is 7.11 Å². The molecule has 7 heteroatoms. The molecule has 24 heavy (non-hydrogen) atoms. The highest BCUT2D eigenvalue weighted by Gasteiger charge is 2.36. The minimum atomic E-state index is -1.16. The Hall–Kier alpha value is -3.02. The van der Waals surface area contributed by atoms with Gasteiger partial charge < -0.3 is 9.84 Å². The van der Waals surface area contributed by atoms with E-state index in [1.54, 1.807) is 12.1 Å². The first-order valence-electron chi connectivity index (χ1n) is 7.34. The monoisotopic (exact) mass is 326 g/mol. The smallest absolute Gasteiger partial charge is 0.354 e. The third kappa shape index (κ3) is 3.65. The second-order valence-electron chi connectivity index (χ2n) is 5.12. The van der Waals surface area contributed by atoms with Crippen LogP contribution < -0.4 is 5.01 Å². The average Bonchev–Trinajstić information content (AvgIpc) is 2.61. The van der Waals surface area contributed by atoms with Crippen molar-refractivity contribution in [2.45, 2.75) is 19.1 Å². The predicted molar refractivity (Wildman–Crippen MR) is 91.0 cm³/mol. The molecule has 0 fully saturated rings. The van der Waals surface area contributed by atoms with Crippen molar-refractivity contribution in [1.29, 1.82) is 0 Å². The van der Waals surface area contributed by atoms with Crippen molar-refractivity contribution in [3.05, 3.63) is 65.0 Å². The van der Waals surface area contributed by atoms with Gasteiger partial charge in [-0.1, -0.05) is 48.5 Å². The number of esters is 1. The Kier molecular flexibility index (Phi) is 5.78. The molecule has 0 unspecified atom stereocenters. The van der Waals surface area contributed by atoms with Gasteiger partial charge in [-0.25, -0.2) is 4.79 Å². The minimum absolute atomic E-state index is 0.498. The Labute approximate surface area is 139 Å². The second kappa shape index (κ2) is 8.01. The van der Waals surface area contributed by atoms with Gasteiger partial charge in [-0.2, -0.15) is 9.92 Å². The molecule has 2 aromatic rings. The largest absolute Gasteiger partial charge is 0.466 e. The second-order valence-corrected chi connectivity index (χ2v) is 5.12. The van der Waals surface area contributed by atoms with E-state index in [-0.39, 0.29) is 0 Å². The SMILES string of the molecule is COC(=O)[C@H]([C@@H](C)O)N(N=[N+]=[N-])c1ccccc1-c1ccccc1. The van der Waals surface area contributed by atoms with Crippen LogP contribution in [0, 0.1) is 0 Å². The molecule has 0 saturated heterocycles. The molecule has 0 amide bonds. The molecule has 1 N–H and O–H groups in total. The average molecular weight is 326 g/mol. The zero-order chi connectivity index (χ0) is 17.5. The van der Waals surface area contributed by atoms with E-state index in [0.29, 0.717) is 5.69 Å². The highest BCUT2D eigenvalue weighted by atomic mass is 16.5. The van der Waals surface area contributed by atoms with Crippen molar-refractivity contribution in [3.63, 3.8) is 0 Å². The van der Waals surface area contributed by atoms with Crippen LogP contribution in [-0.4, -0.2) is 30.3 Å². The molecule has 7 nitrogen and oxygen atoms in total. The van der Waals surface area contributed by atoms with Crippen LogP contribution in [0.25, 0.3) is 21.6 Å². The lowest BCUT2D eigenvalue weighted by atomic mass is 10.0. The van der Waals surface area contributed by atoms with Crippen LogP contribution in [0.15, 0.2) is 59.8 Å². The van der Waals surface area contributed by atoms with Gasteiger partial charge in [-0.15, -0.1) is 5.53 Å². The number of benzene rings is 2. The molecular weight excluding hydrogens is 308 g/mol. The number of carbonyl (C=O) groups is 1. The highest BCUT2D eigenvalue weighted by Crippen LogP contribution is 2.33. The van der Waals surface area contributed by atoms with Gasteiger partial charge >= 0.3 is 5.97 Å². The van der Waals surface area contributed by atoms with E-state index in [4.69, 9.17) is 10.3 Å². The topological polar surface area (TPSA) is 98.5 Å². The molecule has 0 saturated carbocycles. The number of ether oxygens (including phenoxy) is 1. The maximum atomic E-state index is 12.1. The number of anilines is 1. The summed E-state index contributed by atoms with van der Waals surface area (Å²) in [6.07, 6.45) is -1.10. The molecule has 0 aliphatic carbocycles. The normalized spacial score (nSPS) is 12.6. The molecule has 124 valence electrons. The Morgan fingerprint density at radius 2 is 1.83 bits per heavy atom. The fourth-order valence-electron chi connectivity index (χ4n) is 2.45. The van der Waals surface area contributed by atoms with E-state index in [9.17, 15) is 9.90 Å². The molecular formula is C17H18N4O3. The lowest BCUT2D eigenvalue weighted by Crippen LogP contribution is -2.46. The summed E-state index contributed by atoms with van der Waals surface area (Å²) in [4.78, 5) is 14.9. The zero-order valence-electron chi connectivity index (χ0n) is 13.4.